The van der Waals surface area contributed by atoms with E-state index in [1.165, 1.54) is 39.1 Å². The quantitative estimate of drug-likeness (QED) is 0.197. The zero-order valence-corrected chi connectivity index (χ0v) is 29.9. The molecule has 2 aromatic carbocycles. The second-order valence-corrected chi connectivity index (χ2v) is 12.2. The van der Waals surface area contributed by atoms with Crippen LogP contribution in [0.15, 0.2) is 79.2 Å². The van der Waals surface area contributed by atoms with Gasteiger partial charge in [0, 0.05) is 17.4 Å². The van der Waals surface area contributed by atoms with E-state index in [4.69, 9.17) is 6.58 Å². The summed E-state index contributed by atoms with van der Waals surface area (Å²) in [7, 11) is 0. The summed E-state index contributed by atoms with van der Waals surface area (Å²) in [6.07, 6.45) is 11.3. The van der Waals surface area contributed by atoms with Gasteiger partial charge in [0.25, 0.3) is 0 Å². The lowest BCUT2D eigenvalue weighted by Gasteiger charge is -2.46. The molecule has 0 aliphatic heterocycles. The Bertz CT molecular complexity index is 1140. The summed E-state index contributed by atoms with van der Waals surface area (Å²) >= 11 is 0. The highest BCUT2D eigenvalue weighted by Crippen LogP contribution is 2.42. The molecule has 1 N–H and O–H groups in total. The van der Waals surface area contributed by atoms with Crippen LogP contribution in [-0.4, -0.2) is 17.0 Å². The smallest absolute Gasteiger partial charge is 0.0938 e. The van der Waals surface area contributed by atoms with Crippen molar-refractivity contribution in [2.45, 2.75) is 120 Å². The Labute approximate surface area is 267 Å². The lowest BCUT2D eigenvalue weighted by Crippen LogP contribution is -2.44. The standard InChI is InChI=1S/C35H50N2.2C2H6.C2H2/c1-22(2)18-34(23(3)4)37(29(11)27(9)33-20-30-14-12-13-15-31(30)21-33)35(28(10)36-24(5)6)32-17-16-25(7)26(8)19-32;3*1-2/h12-17,19,22,24,27,33-36H,3,10-11,18,20-21H2,1-2,4-9H3;2*1-2H3;1-2H/t27?,34-,35+;;;/m1.../s1. The van der Waals surface area contributed by atoms with E-state index in [0.29, 0.717) is 23.8 Å². The van der Waals surface area contributed by atoms with Crippen LogP contribution in [0.25, 0.3) is 0 Å². The Morgan fingerprint density at radius 3 is 1.79 bits per heavy atom. The van der Waals surface area contributed by atoms with E-state index in [2.05, 4.69) is 134 Å². The van der Waals surface area contributed by atoms with Crippen molar-refractivity contribution in [2.75, 3.05) is 0 Å². The molecule has 0 spiro atoms. The summed E-state index contributed by atoms with van der Waals surface area (Å²) in [5.74, 6) is 1.42. The molecule has 2 nitrogen and oxygen atoms in total. The fourth-order valence-electron chi connectivity index (χ4n) is 5.91. The van der Waals surface area contributed by atoms with Crippen molar-refractivity contribution in [3.8, 4) is 12.8 Å². The molecule has 1 aliphatic carbocycles. The van der Waals surface area contributed by atoms with Gasteiger partial charge in [-0.2, -0.15) is 0 Å². The van der Waals surface area contributed by atoms with Gasteiger partial charge in [-0.05, 0) is 99.5 Å². The largest absolute Gasteiger partial charge is 0.385 e. The molecule has 0 saturated heterocycles. The maximum atomic E-state index is 4.84. The summed E-state index contributed by atoms with van der Waals surface area (Å²) in [5, 5.41) is 3.67. The van der Waals surface area contributed by atoms with Crippen molar-refractivity contribution in [3.05, 3.63) is 107 Å². The van der Waals surface area contributed by atoms with E-state index >= 15 is 0 Å². The minimum absolute atomic E-state index is 0.0270. The summed E-state index contributed by atoms with van der Waals surface area (Å²) < 4.78 is 0. The highest BCUT2D eigenvalue weighted by Gasteiger charge is 2.37. The molecule has 0 heterocycles. The van der Waals surface area contributed by atoms with E-state index in [1.807, 2.05) is 27.7 Å². The number of hydrogen-bond acceptors (Lipinski definition) is 2. The summed E-state index contributed by atoms with van der Waals surface area (Å²) in [6, 6.07) is 16.2. The van der Waals surface area contributed by atoms with Crippen molar-refractivity contribution in [1.29, 1.82) is 0 Å². The molecule has 238 valence electrons. The van der Waals surface area contributed by atoms with Gasteiger partial charge in [-0.3, -0.25) is 0 Å². The normalized spacial score (nSPS) is 14.0. The van der Waals surface area contributed by atoms with E-state index in [-0.39, 0.29) is 12.1 Å². The van der Waals surface area contributed by atoms with Crippen LogP contribution in [0.2, 0.25) is 0 Å². The van der Waals surface area contributed by atoms with Crippen LogP contribution in [0.4, 0.5) is 0 Å². The topological polar surface area (TPSA) is 15.3 Å². The highest BCUT2D eigenvalue weighted by atomic mass is 15.2. The molecule has 0 fully saturated rings. The number of rotatable bonds is 12. The van der Waals surface area contributed by atoms with Crippen LogP contribution in [-0.2, 0) is 12.8 Å². The molecule has 0 aromatic heterocycles. The number of nitrogens with zero attached hydrogens (tertiary/aromatic N) is 1. The molecule has 0 bridgehead atoms. The first-order valence-electron chi connectivity index (χ1n) is 16.5. The SMILES string of the molecule is C#C.C=C(C)[C@@H](CC(C)C)N(C(=C)C(C)C1Cc2ccccc2C1)[C@@H](C(=C)NC(C)C)c1ccc(C)c(C)c1.CC.CC. The van der Waals surface area contributed by atoms with Crippen LogP contribution < -0.4 is 5.32 Å². The maximum absolute atomic E-state index is 4.84. The number of allylic oxidation sites excluding steroid dienone is 1. The van der Waals surface area contributed by atoms with E-state index in [1.54, 1.807) is 0 Å². The van der Waals surface area contributed by atoms with Crippen LogP contribution in [0.3, 0.4) is 0 Å². The monoisotopic (exact) mass is 585 g/mol. The molecule has 0 saturated carbocycles. The summed E-state index contributed by atoms with van der Waals surface area (Å²) in [5.41, 5.74) is 10.3. The number of fused-ring (bicyclic) bond motifs is 1. The molecular formula is C41H64N2. The van der Waals surface area contributed by atoms with Gasteiger partial charge in [0.05, 0.1) is 12.1 Å². The zero-order valence-electron chi connectivity index (χ0n) is 29.9. The van der Waals surface area contributed by atoms with Gasteiger partial charge in [0.15, 0.2) is 0 Å². The van der Waals surface area contributed by atoms with Gasteiger partial charge in [0.2, 0.25) is 0 Å². The third-order valence-corrected chi connectivity index (χ3v) is 8.18. The van der Waals surface area contributed by atoms with Crippen molar-refractivity contribution in [3.63, 3.8) is 0 Å². The van der Waals surface area contributed by atoms with Crippen molar-refractivity contribution < 1.29 is 0 Å². The Balaban J connectivity index is 0.00000276. The Morgan fingerprint density at radius 1 is 0.860 bits per heavy atom. The van der Waals surface area contributed by atoms with Crippen LogP contribution in [0, 0.1) is 44.4 Å². The van der Waals surface area contributed by atoms with E-state index in [9.17, 15) is 0 Å². The number of benzene rings is 2. The average Bonchev–Trinajstić information content (AvgIpc) is 3.42. The van der Waals surface area contributed by atoms with Crippen LogP contribution in [0.5, 0.6) is 0 Å². The molecule has 2 aromatic rings. The van der Waals surface area contributed by atoms with E-state index in [0.717, 1.165) is 25.0 Å². The van der Waals surface area contributed by atoms with Gasteiger partial charge >= 0.3 is 0 Å². The average molecular weight is 585 g/mol. The lowest BCUT2D eigenvalue weighted by molar-refractivity contribution is 0.168. The van der Waals surface area contributed by atoms with Gasteiger partial charge in [-0.1, -0.05) is 116 Å². The summed E-state index contributed by atoms with van der Waals surface area (Å²) in [6.45, 7) is 39.9. The van der Waals surface area contributed by atoms with Crippen molar-refractivity contribution in [1.82, 2.24) is 10.2 Å². The van der Waals surface area contributed by atoms with E-state index < -0.39 is 0 Å². The Kier molecular flexibility index (Phi) is 18.4. The number of hydrogen-bond donors (Lipinski definition) is 1. The molecule has 2 heteroatoms. The first-order valence-corrected chi connectivity index (χ1v) is 16.5. The van der Waals surface area contributed by atoms with Crippen molar-refractivity contribution in [2.24, 2.45) is 17.8 Å². The second kappa shape index (κ2) is 19.9. The molecular weight excluding hydrogens is 520 g/mol. The minimum Gasteiger partial charge on any atom is -0.385 e. The molecule has 0 amide bonds. The first kappa shape index (κ1) is 39.8. The summed E-state index contributed by atoms with van der Waals surface area (Å²) in [4.78, 5) is 2.58. The number of terminal acetylenes is 1. The second-order valence-electron chi connectivity index (χ2n) is 12.2. The molecule has 3 rings (SSSR count). The Morgan fingerprint density at radius 2 is 1.37 bits per heavy atom. The first-order chi connectivity index (χ1) is 20.4. The Hall–Kier alpha value is -3.18. The highest BCUT2D eigenvalue weighted by molar-refractivity contribution is 5.38. The van der Waals surface area contributed by atoms with Crippen LogP contribution in [0.1, 0.15) is 110 Å². The van der Waals surface area contributed by atoms with Gasteiger partial charge in [-0.15, -0.1) is 12.8 Å². The predicted molar refractivity (Wildman–Crippen MR) is 194 cm³/mol. The molecule has 1 unspecified atom stereocenters. The third kappa shape index (κ3) is 11.1. The minimum atomic E-state index is -0.0270. The molecule has 43 heavy (non-hydrogen) atoms. The zero-order chi connectivity index (χ0) is 33.4. The third-order valence-electron chi connectivity index (χ3n) is 8.18. The van der Waals surface area contributed by atoms with Gasteiger partial charge in [0.1, 0.15) is 0 Å². The molecule has 0 radical (unpaired) electrons. The van der Waals surface area contributed by atoms with Crippen molar-refractivity contribution >= 4 is 0 Å². The molecule has 3 atom stereocenters. The molecule has 1 aliphatic rings. The number of aryl methyl sites for hydroxylation is 2. The fourth-order valence-corrected chi connectivity index (χ4v) is 5.91. The van der Waals surface area contributed by atoms with Gasteiger partial charge < -0.3 is 10.2 Å². The van der Waals surface area contributed by atoms with Crippen LogP contribution >= 0.6 is 0 Å². The predicted octanol–water partition coefficient (Wildman–Crippen LogP) is 11.0. The maximum Gasteiger partial charge on any atom is 0.0938 e. The lowest BCUT2D eigenvalue weighted by atomic mass is 9.84. The van der Waals surface area contributed by atoms with Gasteiger partial charge in [-0.25, -0.2) is 0 Å². The fraction of sp³-hybridized carbons (Fsp3) is 0.512. The number of nitrogens with one attached hydrogen (secondary N) is 1.